The summed E-state index contributed by atoms with van der Waals surface area (Å²) in [6, 6.07) is 10.4. The molecule has 0 saturated carbocycles. The molecule has 1 unspecified atom stereocenters. The molecule has 1 atom stereocenters. The van der Waals surface area contributed by atoms with E-state index in [0.29, 0.717) is 12.6 Å². The van der Waals surface area contributed by atoms with Crippen LogP contribution >= 0.6 is 0 Å². The first-order chi connectivity index (χ1) is 15.2. The summed E-state index contributed by atoms with van der Waals surface area (Å²) in [5.74, 6) is -0.353. The highest BCUT2D eigenvalue weighted by Crippen LogP contribution is 2.30. The Morgan fingerprint density at radius 3 is 2.41 bits per heavy atom. The smallest absolute Gasteiger partial charge is 0.320 e. The average Bonchev–Trinajstić information content (AvgIpc) is 2.75. The van der Waals surface area contributed by atoms with E-state index < -0.39 is 17.8 Å². The number of rotatable bonds is 7. The summed E-state index contributed by atoms with van der Waals surface area (Å²) >= 11 is 0. The number of likely N-dealkylation sites (tertiary alicyclic amines) is 1. The number of hydrogen-bond acceptors (Lipinski definition) is 2. The molecule has 1 fully saturated rings. The topological polar surface area (TPSA) is 35.6 Å². The summed E-state index contributed by atoms with van der Waals surface area (Å²) in [5, 5.41) is 2.68. The number of anilines is 1. The maximum atomic E-state index is 13.3. The Kier molecular flexibility index (Phi) is 8.12. The average molecular weight is 452 g/mol. The van der Waals surface area contributed by atoms with Gasteiger partial charge in [0.25, 0.3) is 0 Å². The van der Waals surface area contributed by atoms with Crippen molar-refractivity contribution in [2.24, 2.45) is 0 Å². The van der Waals surface area contributed by atoms with E-state index in [4.69, 9.17) is 0 Å². The molecule has 1 aliphatic rings. The molecule has 1 heterocycles. The number of urea groups is 1. The van der Waals surface area contributed by atoms with E-state index in [0.717, 1.165) is 37.2 Å². The molecule has 0 aliphatic carbocycles. The van der Waals surface area contributed by atoms with Gasteiger partial charge in [-0.05, 0) is 74.7 Å². The quantitative estimate of drug-likeness (QED) is 0.513. The monoisotopic (exact) mass is 451 g/mol. The number of carbonyl (C=O) groups excluding carboxylic acids is 1. The molecular formula is C24H29F4N3O. The van der Waals surface area contributed by atoms with Crippen LogP contribution in [-0.4, -0.2) is 41.5 Å². The molecule has 1 aliphatic heterocycles. The zero-order valence-electron chi connectivity index (χ0n) is 18.2. The van der Waals surface area contributed by atoms with Gasteiger partial charge in [-0.2, -0.15) is 13.2 Å². The first-order valence-electron chi connectivity index (χ1n) is 10.9. The van der Waals surface area contributed by atoms with Crippen molar-refractivity contribution in [3.05, 3.63) is 65.5 Å². The third-order valence-electron chi connectivity index (χ3n) is 5.85. The van der Waals surface area contributed by atoms with Crippen LogP contribution in [0.1, 0.15) is 43.7 Å². The summed E-state index contributed by atoms with van der Waals surface area (Å²) in [7, 11) is 0. The van der Waals surface area contributed by atoms with E-state index in [2.05, 4.69) is 17.1 Å². The van der Waals surface area contributed by atoms with Gasteiger partial charge in [-0.1, -0.05) is 18.6 Å². The van der Waals surface area contributed by atoms with Gasteiger partial charge < -0.3 is 15.1 Å². The van der Waals surface area contributed by atoms with Crippen molar-refractivity contribution in [2.45, 2.75) is 51.4 Å². The molecule has 0 radical (unpaired) electrons. The zero-order valence-corrected chi connectivity index (χ0v) is 18.2. The Morgan fingerprint density at radius 1 is 1.09 bits per heavy atom. The minimum Gasteiger partial charge on any atom is -0.320 e. The SMILES string of the molecule is CC1CCCCN1CCCN(Cc1ccc(F)cc1)C(=O)Nc1ccc(C(F)(F)F)cc1. The summed E-state index contributed by atoms with van der Waals surface area (Å²) in [5.41, 5.74) is 0.298. The fourth-order valence-corrected chi connectivity index (χ4v) is 3.96. The van der Waals surface area contributed by atoms with Gasteiger partial charge in [0.1, 0.15) is 5.82 Å². The molecule has 2 amide bonds. The van der Waals surface area contributed by atoms with Crippen LogP contribution < -0.4 is 5.32 Å². The predicted molar refractivity (Wildman–Crippen MR) is 117 cm³/mol. The second-order valence-corrected chi connectivity index (χ2v) is 8.29. The predicted octanol–water partition coefficient (Wildman–Crippen LogP) is 6.14. The van der Waals surface area contributed by atoms with Crippen LogP contribution in [0.5, 0.6) is 0 Å². The van der Waals surface area contributed by atoms with E-state index in [1.807, 2.05) is 0 Å². The summed E-state index contributed by atoms with van der Waals surface area (Å²) in [6.07, 6.45) is -0.0651. The van der Waals surface area contributed by atoms with Gasteiger partial charge in [0.2, 0.25) is 0 Å². The lowest BCUT2D eigenvalue weighted by Gasteiger charge is -2.34. The third-order valence-corrected chi connectivity index (χ3v) is 5.85. The maximum Gasteiger partial charge on any atom is 0.416 e. The molecule has 4 nitrogen and oxygen atoms in total. The highest BCUT2D eigenvalue weighted by atomic mass is 19.4. The summed E-state index contributed by atoms with van der Waals surface area (Å²) in [6.45, 7) is 4.90. The number of piperidine rings is 1. The Balaban J connectivity index is 1.64. The molecule has 0 aromatic heterocycles. The fourth-order valence-electron chi connectivity index (χ4n) is 3.96. The highest BCUT2D eigenvalue weighted by molar-refractivity contribution is 5.89. The molecule has 174 valence electrons. The standard InChI is InChI=1S/C24H29F4N3O/c1-18-5-2-3-14-30(18)15-4-16-31(17-19-6-10-21(25)11-7-19)23(32)29-22-12-8-20(9-13-22)24(26,27)28/h6-13,18H,2-5,14-17H2,1H3,(H,29,32). The van der Waals surface area contributed by atoms with Gasteiger partial charge in [-0.3, -0.25) is 0 Å². The van der Waals surface area contributed by atoms with Crippen molar-refractivity contribution in [2.75, 3.05) is 25.0 Å². The molecule has 3 rings (SSSR count). The van der Waals surface area contributed by atoms with Gasteiger partial charge in [0, 0.05) is 31.4 Å². The van der Waals surface area contributed by atoms with Gasteiger partial charge in [-0.25, -0.2) is 9.18 Å². The van der Waals surface area contributed by atoms with Crippen LogP contribution in [0.4, 0.5) is 28.0 Å². The number of benzene rings is 2. The van der Waals surface area contributed by atoms with Crippen LogP contribution in [0.25, 0.3) is 0 Å². The van der Waals surface area contributed by atoms with Crippen molar-refractivity contribution in [3.8, 4) is 0 Å². The summed E-state index contributed by atoms with van der Waals surface area (Å²) < 4.78 is 51.6. The second kappa shape index (κ2) is 10.8. The molecule has 0 bridgehead atoms. The van der Waals surface area contributed by atoms with Crippen LogP contribution in [0, 0.1) is 5.82 Å². The Hall–Kier alpha value is -2.61. The number of carbonyl (C=O) groups is 1. The number of alkyl halides is 3. The van der Waals surface area contributed by atoms with Crippen LogP contribution in [-0.2, 0) is 12.7 Å². The van der Waals surface area contributed by atoms with Gasteiger partial charge in [0.15, 0.2) is 0 Å². The van der Waals surface area contributed by atoms with E-state index >= 15 is 0 Å². The van der Waals surface area contributed by atoms with Gasteiger partial charge >= 0.3 is 12.2 Å². The van der Waals surface area contributed by atoms with Crippen molar-refractivity contribution in [1.82, 2.24) is 9.80 Å². The first-order valence-corrected chi connectivity index (χ1v) is 10.9. The zero-order chi connectivity index (χ0) is 23.1. The number of nitrogens with one attached hydrogen (secondary N) is 1. The van der Waals surface area contributed by atoms with Crippen molar-refractivity contribution < 1.29 is 22.4 Å². The number of amides is 2. The van der Waals surface area contributed by atoms with Crippen molar-refractivity contribution in [3.63, 3.8) is 0 Å². The molecule has 2 aromatic rings. The van der Waals surface area contributed by atoms with Gasteiger partial charge in [0.05, 0.1) is 5.56 Å². The number of nitrogens with zero attached hydrogens (tertiary/aromatic N) is 2. The number of halogens is 4. The first kappa shape index (κ1) is 24.0. The maximum absolute atomic E-state index is 13.3. The van der Waals surface area contributed by atoms with E-state index in [1.165, 1.54) is 43.5 Å². The molecule has 1 N–H and O–H groups in total. The van der Waals surface area contributed by atoms with Crippen molar-refractivity contribution >= 4 is 11.7 Å². The van der Waals surface area contributed by atoms with E-state index in [-0.39, 0.29) is 18.0 Å². The van der Waals surface area contributed by atoms with Crippen LogP contribution in [0.15, 0.2) is 48.5 Å². The van der Waals surface area contributed by atoms with E-state index in [9.17, 15) is 22.4 Å². The fraction of sp³-hybridized carbons (Fsp3) is 0.458. The number of hydrogen-bond donors (Lipinski definition) is 1. The summed E-state index contributed by atoms with van der Waals surface area (Å²) in [4.78, 5) is 17.0. The van der Waals surface area contributed by atoms with Crippen LogP contribution in [0.2, 0.25) is 0 Å². The van der Waals surface area contributed by atoms with Crippen LogP contribution in [0.3, 0.4) is 0 Å². The molecule has 2 aromatic carbocycles. The lowest BCUT2D eigenvalue weighted by molar-refractivity contribution is -0.137. The Morgan fingerprint density at radius 2 is 1.78 bits per heavy atom. The highest BCUT2D eigenvalue weighted by Gasteiger charge is 2.30. The minimum atomic E-state index is -4.43. The Bertz CT molecular complexity index is 868. The molecular weight excluding hydrogens is 422 g/mol. The van der Waals surface area contributed by atoms with Crippen molar-refractivity contribution in [1.29, 1.82) is 0 Å². The normalized spacial score (nSPS) is 17.2. The molecule has 8 heteroatoms. The molecule has 0 spiro atoms. The molecule has 32 heavy (non-hydrogen) atoms. The van der Waals surface area contributed by atoms with E-state index in [1.54, 1.807) is 17.0 Å². The second-order valence-electron chi connectivity index (χ2n) is 8.29. The lowest BCUT2D eigenvalue weighted by atomic mass is 10.0. The van der Waals surface area contributed by atoms with Gasteiger partial charge in [-0.15, -0.1) is 0 Å². The third kappa shape index (κ3) is 6.95. The minimum absolute atomic E-state index is 0.280. The largest absolute Gasteiger partial charge is 0.416 e. The molecule has 1 saturated heterocycles. The Labute approximate surface area is 186 Å². The lowest BCUT2D eigenvalue weighted by Crippen LogP contribution is -2.40.